The Kier molecular flexibility index (Phi) is 3.97. The topological polar surface area (TPSA) is 57.7 Å². The number of aromatic nitrogens is 1. The molecule has 5 nitrogen and oxygen atoms in total. The Morgan fingerprint density at radius 1 is 1.38 bits per heavy atom. The van der Waals surface area contributed by atoms with Gasteiger partial charge in [-0.2, -0.15) is 0 Å². The summed E-state index contributed by atoms with van der Waals surface area (Å²) in [4.78, 5) is 15.4. The molecule has 1 fully saturated rings. The first kappa shape index (κ1) is 14.5. The minimum atomic E-state index is -0.599. The molecule has 0 aromatic carbocycles. The highest BCUT2D eigenvalue weighted by molar-refractivity contribution is 6.29. The predicted octanol–water partition coefficient (Wildman–Crippen LogP) is 2.94. The van der Waals surface area contributed by atoms with Crippen molar-refractivity contribution < 1.29 is 19.0 Å². The number of allylic oxidation sites excluding steroid dienone is 1. The Bertz CT molecular complexity index is 576. The molecule has 0 amide bonds. The van der Waals surface area contributed by atoms with Crippen LogP contribution in [0.3, 0.4) is 0 Å². The molecule has 1 aromatic rings. The van der Waals surface area contributed by atoms with Gasteiger partial charge in [-0.25, -0.2) is 4.98 Å². The zero-order chi connectivity index (χ0) is 14.9. The molecule has 1 aliphatic carbocycles. The van der Waals surface area contributed by atoms with E-state index >= 15 is 0 Å². The first-order chi connectivity index (χ1) is 10.1. The third-order valence-corrected chi connectivity index (χ3v) is 3.90. The zero-order valence-electron chi connectivity index (χ0n) is 11.7. The summed E-state index contributed by atoms with van der Waals surface area (Å²) in [7, 11) is 0. The van der Waals surface area contributed by atoms with Gasteiger partial charge in [-0.15, -0.1) is 0 Å². The van der Waals surface area contributed by atoms with E-state index in [9.17, 15) is 4.79 Å². The maximum absolute atomic E-state index is 11.3. The molecule has 6 heteroatoms. The van der Waals surface area contributed by atoms with Gasteiger partial charge in [0.05, 0.1) is 13.2 Å². The van der Waals surface area contributed by atoms with E-state index in [4.69, 9.17) is 25.8 Å². The van der Waals surface area contributed by atoms with Gasteiger partial charge in [0.15, 0.2) is 5.79 Å². The molecule has 0 N–H and O–H groups in total. The molecule has 1 aliphatic heterocycles. The second-order valence-electron chi connectivity index (χ2n) is 5.15. The number of carbonyl (C=O) groups is 1. The summed E-state index contributed by atoms with van der Waals surface area (Å²) < 4.78 is 16.9. The molecular weight excluding hydrogens is 294 g/mol. The third-order valence-electron chi connectivity index (χ3n) is 3.67. The van der Waals surface area contributed by atoms with Crippen LogP contribution in [0.5, 0.6) is 0 Å². The Labute approximate surface area is 127 Å². The summed E-state index contributed by atoms with van der Waals surface area (Å²) in [6, 6.07) is 3.58. The van der Waals surface area contributed by atoms with E-state index in [0.29, 0.717) is 43.4 Å². The molecule has 0 radical (unpaired) electrons. The molecule has 2 heterocycles. The Balaban J connectivity index is 1.96. The number of rotatable bonds is 2. The predicted molar refractivity (Wildman–Crippen MR) is 76.4 cm³/mol. The smallest absolute Gasteiger partial charge is 0.307 e. The van der Waals surface area contributed by atoms with Crippen LogP contribution in [0, 0.1) is 0 Å². The van der Waals surface area contributed by atoms with E-state index in [0.717, 1.165) is 11.1 Å². The Hall–Kier alpha value is -1.43. The van der Waals surface area contributed by atoms with E-state index in [2.05, 4.69) is 4.98 Å². The summed E-state index contributed by atoms with van der Waals surface area (Å²) in [5.74, 6) is -0.261. The van der Waals surface area contributed by atoms with Gasteiger partial charge in [0.1, 0.15) is 10.9 Å². The molecule has 21 heavy (non-hydrogen) atoms. The van der Waals surface area contributed by atoms with Gasteiger partial charge in [-0.3, -0.25) is 4.79 Å². The number of pyridine rings is 1. The molecule has 0 bridgehead atoms. The monoisotopic (exact) mass is 309 g/mol. The van der Waals surface area contributed by atoms with Gasteiger partial charge in [-0.05, 0) is 17.7 Å². The maximum atomic E-state index is 11.3. The molecule has 112 valence electrons. The van der Waals surface area contributed by atoms with Crippen molar-refractivity contribution in [3.05, 3.63) is 34.8 Å². The van der Waals surface area contributed by atoms with E-state index in [1.54, 1.807) is 12.3 Å². The lowest BCUT2D eigenvalue weighted by Crippen LogP contribution is -2.34. The number of hydrogen-bond acceptors (Lipinski definition) is 5. The molecule has 0 atom stereocenters. The van der Waals surface area contributed by atoms with Gasteiger partial charge < -0.3 is 14.2 Å². The lowest BCUT2D eigenvalue weighted by Gasteiger charge is -2.33. The van der Waals surface area contributed by atoms with Crippen LogP contribution in [0.1, 0.15) is 31.7 Å². The summed E-state index contributed by atoms with van der Waals surface area (Å²) >= 11 is 5.83. The quantitative estimate of drug-likeness (QED) is 0.621. The largest absolute Gasteiger partial charge is 0.431 e. The Morgan fingerprint density at radius 2 is 2.14 bits per heavy atom. The summed E-state index contributed by atoms with van der Waals surface area (Å²) in [5, 5.41) is 0.423. The van der Waals surface area contributed by atoms with Crippen LogP contribution in [0.4, 0.5) is 0 Å². The van der Waals surface area contributed by atoms with E-state index in [1.807, 2.05) is 6.07 Å². The minimum absolute atomic E-state index is 0.325. The molecule has 1 aromatic heterocycles. The number of esters is 1. The third kappa shape index (κ3) is 3.10. The van der Waals surface area contributed by atoms with Gasteiger partial charge in [0, 0.05) is 38.0 Å². The van der Waals surface area contributed by atoms with Crippen LogP contribution < -0.4 is 0 Å². The highest BCUT2D eigenvalue weighted by Gasteiger charge is 2.42. The fraction of sp³-hybridized carbons (Fsp3) is 0.467. The molecule has 1 spiro atoms. The van der Waals surface area contributed by atoms with E-state index < -0.39 is 5.79 Å². The number of ether oxygens (including phenoxy) is 3. The number of nitrogens with zero attached hydrogens (tertiary/aromatic N) is 1. The normalized spacial score (nSPS) is 20.9. The fourth-order valence-electron chi connectivity index (χ4n) is 2.76. The average Bonchev–Trinajstić information content (AvgIpc) is 2.90. The average molecular weight is 310 g/mol. The standard InChI is InChI=1S/C15H16ClNO4/c1-10(18)21-13-4-5-15(19-6-7-20-15)8-12(13)11-2-3-14(16)17-9-11/h2-3,9H,4-8H2,1H3. The molecular formula is C15H16ClNO4. The van der Waals surface area contributed by atoms with Crippen molar-refractivity contribution in [2.24, 2.45) is 0 Å². The second kappa shape index (κ2) is 5.75. The van der Waals surface area contributed by atoms with Crippen molar-refractivity contribution in [2.45, 2.75) is 32.0 Å². The number of hydrogen-bond donors (Lipinski definition) is 0. The number of halogens is 1. The van der Waals surface area contributed by atoms with Crippen LogP contribution >= 0.6 is 11.6 Å². The van der Waals surface area contributed by atoms with E-state index in [1.165, 1.54) is 6.92 Å². The summed E-state index contributed by atoms with van der Waals surface area (Å²) in [5.41, 5.74) is 1.76. The van der Waals surface area contributed by atoms with Gasteiger partial charge in [-0.1, -0.05) is 11.6 Å². The molecule has 3 rings (SSSR count). The van der Waals surface area contributed by atoms with Crippen LogP contribution in [-0.4, -0.2) is 30.0 Å². The van der Waals surface area contributed by atoms with Gasteiger partial charge in [0.2, 0.25) is 0 Å². The molecule has 1 saturated heterocycles. The Morgan fingerprint density at radius 3 is 2.76 bits per heavy atom. The fourth-order valence-corrected chi connectivity index (χ4v) is 2.87. The zero-order valence-corrected chi connectivity index (χ0v) is 12.5. The van der Waals surface area contributed by atoms with Gasteiger partial charge >= 0.3 is 5.97 Å². The molecule has 0 unspecified atom stereocenters. The van der Waals surface area contributed by atoms with Crippen molar-refractivity contribution in [2.75, 3.05) is 13.2 Å². The molecule has 0 saturated carbocycles. The number of carbonyl (C=O) groups excluding carboxylic acids is 1. The molecule has 2 aliphatic rings. The van der Waals surface area contributed by atoms with Crippen LogP contribution in [-0.2, 0) is 19.0 Å². The summed E-state index contributed by atoms with van der Waals surface area (Å²) in [6.45, 7) is 2.59. The maximum Gasteiger partial charge on any atom is 0.307 e. The SMILES string of the molecule is CC(=O)OC1=C(c2ccc(Cl)nc2)CC2(CC1)OCCO2. The van der Waals surface area contributed by atoms with Crippen LogP contribution in [0.2, 0.25) is 5.15 Å². The van der Waals surface area contributed by atoms with Crippen molar-refractivity contribution in [1.82, 2.24) is 4.98 Å². The van der Waals surface area contributed by atoms with E-state index in [-0.39, 0.29) is 5.97 Å². The second-order valence-corrected chi connectivity index (χ2v) is 5.54. The lowest BCUT2D eigenvalue weighted by atomic mass is 9.88. The van der Waals surface area contributed by atoms with Crippen molar-refractivity contribution >= 4 is 23.1 Å². The summed E-state index contributed by atoms with van der Waals surface area (Å²) in [6.07, 6.45) is 3.49. The van der Waals surface area contributed by atoms with Crippen molar-refractivity contribution in [3.8, 4) is 0 Å². The van der Waals surface area contributed by atoms with Crippen molar-refractivity contribution in [1.29, 1.82) is 0 Å². The van der Waals surface area contributed by atoms with Crippen LogP contribution in [0.25, 0.3) is 5.57 Å². The highest BCUT2D eigenvalue weighted by Crippen LogP contribution is 2.43. The highest BCUT2D eigenvalue weighted by atomic mass is 35.5. The first-order valence-electron chi connectivity index (χ1n) is 6.88. The van der Waals surface area contributed by atoms with Gasteiger partial charge in [0.25, 0.3) is 0 Å². The van der Waals surface area contributed by atoms with Crippen LogP contribution in [0.15, 0.2) is 24.1 Å². The van der Waals surface area contributed by atoms with Crippen molar-refractivity contribution in [3.63, 3.8) is 0 Å². The first-order valence-corrected chi connectivity index (χ1v) is 7.26. The lowest BCUT2D eigenvalue weighted by molar-refractivity contribution is -0.163. The minimum Gasteiger partial charge on any atom is -0.431 e.